The Hall–Kier alpha value is -3.25. The second-order valence-corrected chi connectivity index (χ2v) is 6.12. The summed E-state index contributed by atoms with van der Waals surface area (Å²) in [5, 5.41) is 3.15. The van der Waals surface area contributed by atoms with Gasteiger partial charge in [-0.25, -0.2) is 4.79 Å². The maximum Gasteiger partial charge on any atom is 0.343 e. The molecule has 0 atom stereocenters. The number of para-hydroxylation sites is 2. The summed E-state index contributed by atoms with van der Waals surface area (Å²) in [5.41, 5.74) is 2.92. The minimum Gasteiger partial charge on any atom is -0.493 e. The molecular formula is C21H18N2O3S. The summed E-state index contributed by atoms with van der Waals surface area (Å²) >= 11 is 5.43. The van der Waals surface area contributed by atoms with Crippen LogP contribution < -0.4 is 14.8 Å². The number of hydrogen-bond acceptors (Lipinski definition) is 5. The van der Waals surface area contributed by atoms with Gasteiger partial charge in [0.2, 0.25) is 0 Å². The van der Waals surface area contributed by atoms with Crippen molar-refractivity contribution in [3.8, 4) is 11.5 Å². The van der Waals surface area contributed by atoms with Crippen LogP contribution in [-0.2, 0) is 0 Å². The Bertz CT molecular complexity index is 971. The van der Waals surface area contributed by atoms with E-state index >= 15 is 0 Å². The first-order valence-corrected chi connectivity index (χ1v) is 8.67. The first-order valence-electron chi connectivity index (χ1n) is 8.26. The standard InChI is InChI=1S/C21H18N2O3S/c1-14-17(6-5-13-22-14)20(27)23-16-11-9-15(10-12-16)21(24)26-19-8-4-3-7-18(19)25-2/h3-13H,1-2H3,(H,23,27). The van der Waals surface area contributed by atoms with E-state index < -0.39 is 5.97 Å². The SMILES string of the molecule is COc1ccccc1OC(=O)c1ccc(NC(=S)c2cccnc2C)cc1. The number of carbonyl (C=O) groups is 1. The Kier molecular flexibility index (Phi) is 5.78. The number of thiocarbonyl (C=S) groups is 1. The molecule has 0 radical (unpaired) electrons. The number of aryl methyl sites for hydroxylation is 1. The van der Waals surface area contributed by atoms with Crippen LogP contribution in [0.25, 0.3) is 0 Å². The highest BCUT2D eigenvalue weighted by Crippen LogP contribution is 2.26. The van der Waals surface area contributed by atoms with Gasteiger partial charge >= 0.3 is 5.97 Å². The maximum atomic E-state index is 12.3. The van der Waals surface area contributed by atoms with Crippen molar-refractivity contribution in [2.75, 3.05) is 12.4 Å². The van der Waals surface area contributed by atoms with Crippen LogP contribution in [0.2, 0.25) is 0 Å². The predicted octanol–water partition coefficient (Wildman–Crippen LogP) is 4.41. The molecule has 1 heterocycles. The summed E-state index contributed by atoms with van der Waals surface area (Å²) in [4.78, 5) is 17.2. The molecule has 3 aromatic rings. The van der Waals surface area contributed by atoms with Gasteiger partial charge in [-0.15, -0.1) is 0 Å². The first-order chi connectivity index (χ1) is 13.1. The topological polar surface area (TPSA) is 60.5 Å². The molecule has 0 bridgehead atoms. The van der Waals surface area contributed by atoms with Gasteiger partial charge in [0.15, 0.2) is 11.5 Å². The van der Waals surface area contributed by atoms with Gasteiger partial charge in [0.1, 0.15) is 4.99 Å². The number of nitrogens with one attached hydrogen (secondary N) is 1. The molecule has 136 valence electrons. The zero-order chi connectivity index (χ0) is 19.2. The zero-order valence-electron chi connectivity index (χ0n) is 14.9. The van der Waals surface area contributed by atoms with E-state index in [2.05, 4.69) is 10.3 Å². The van der Waals surface area contributed by atoms with Gasteiger partial charge in [-0.1, -0.05) is 24.4 Å². The number of aromatic nitrogens is 1. The van der Waals surface area contributed by atoms with Crippen molar-refractivity contribution in [3.63, 3.8) is 0 Å². The molecule has 27 heavy (non-hydrogen) atoms. The molecule has 0 spiro atoms. The summed E-state index contributed by atoms with van der Waals surface area (Å²) in [5.74, 6) is 0.415. The fourth-order valence-corrected chi connectivity index (χ4v) is 2.81. The van der Waals surface area contributed by atoms with Crippen molar-refractivity contribution in [2.45, 2.75) is 6.92 Å². The van der Waals surface area contributed by atoms with Gasteiger partial charge in [0.05, 0.1) is 12.7 Å². The second kappa shape index (κ2) is 8.42. The molecular weight excluding hydrogens is 360 g/mol. The van der Waals surface area contributed by atoms with Crippen LogP contribution in [0.3, 0.4) is 0 Å². The third-order valence-corrected chi connectivity index (χ3v) is 4.22. The maximum absolute atomic E-state index is 12.3. The molecule has 6 heteroatoms. The fourth-order valence-electron chi connectivity index (χ4n) is 2.47. The van der Waals surface area contributed by atoms with Crippen LogP contribution in [0.1, 0.15) is 21.6 Å². The second-order valence-electron chi connectivity index (χ2n) is 5.71. The van der Waals surface area contributed by atoms with Crippen LogP contribution >= 0.6 is 12.2 Å². The van der Waals surface area contributed by atoms with Crippen LogP contribution in [-0.4, -0.2) is 23.1 Å². The van der Waals surface area contributed by atoms with Crippen molar-refractivity contribution in [3.05, 3.63) is 83.7 Å². The zero-order valence-corrected chi connectivity index (χ0v) is 15.7. The van der Waals surface area contributed by atoms with Gasteiger partial charge in [0.25, 0.3) is 0 Å². The summed E-state index contributed by atoms with van der Waals surface area (Å²) in [6.45, 7) is 1.90. The highest BCUT2D eigenvalue weighted by molar-refractivity contribution is 7.81. The molecule has 0 aliphatic heterocycles. The lowest BCUT2D eigenvalue weighted by atomic mass is 10.2. The number of pyridine rings is 1. The molecule has 1 aromatic heterocycles. The van der Waals surface area contributed by atoms with E-state index in [4.69, 9.17) is 21.7 Å². The molecule has 0 amide bonds. The van der Waals surface area contributed by atoms with Crippen LogP contribution in [0, 0.1) is 6.92 Å². The Labute approximate surface area is 163 Å². The number of nitrogens with zero attached hydrogens (tertiary/aromatic N) is 1. The van der Waals surface area contributed by atoms with E-state index in [0.29, 0.717) is 22.1 Å². The highest BCUT2D eigenvalue weighted by atomic mass is 32.1. The molecule has 0 aliphatic rings. The summed E-state index contributed by atoms with van der Waals surface area (Å²) in [6.07, 6.45) is 1.73. The third kappa shape index (κ3) is 4.48. The lowest BCUT2D eigenvalue weighted by Gasteiger charge is -2.11. The number of anilines is 1. The summed E-state index contributed by atoms with van der Waals surface area (Å²) in [6, 6.07) is 17.7. The number of hydrogen-bond donors (Lipinski definition) is 1. The molecule has 3 rings (SSSR count). The minimum atomic E-state index is -0.461. The Morgan fingerprint density at radius 2 is 1.70 bits per heavy atom. The van der Waals surface area contributed by atoms with E-state index in [9.17, 15) is 4.79 Å². The molecule has 2 aromatic carbocycles. The summed E-state index contributed by atoms with van der Waals surface area (Å²) in [7, 11) is 1.53. The smallest absolute Gasteiger partial charge is 0.343 e. The monoisotopic (exact) mass is 378 g/mol. The average Bonchev–Trinajstić information content (AvgIpc) is 2.69. The fraction of sp³-hybridized carbons (Fsp3) is 0.0952. The molecule has 1 N–H and O–H groups in total. The van der Waals surface area contributed by atoms with Crippen molar-refractivity contribution >= 4 is 28.9 Å². The van der Waals surface area contributed by atoms with Gasteiger partial charge in [-0.2, -0.15) is 0 Å². The molecule has 0 unspecified atom stereocenters. The summed E-state index contributed by atoms with van der Waals surface area (Å²) < 4.78 is 10.6. The first kappa shape index (κ1) is 18.5. The van der Waals surface area contributed by atoms with Crippen LogP contribution in [0.5, 0.6) is 11.5 Å². The molecule has 0 aliphatic carbocycles. The van der Waals surface area contributed by atoms with Crippen molar-refractivity contribution in [2.24, 2.45) is 0 Å². The predicted molar refractivity (Wildman–Crippen MR) is 109 cm³/mol. The normalized spacial score (nSPS) is 10.1. The minimum absolute atomic E-state index is 0.375. The van der Waals surface area contributed by atoms with E-state index in [0.717, 1.165) is 16.9 Å². The van der Waals surface area contributed by atoms with Crippen LogP contribution in [0.15, 0.2) is 66.9 Å². The molecule has 0 saturated heterocycles. The number of esters is 1. The lowest BCUT2D eigenvalue weighted by Crippen LogP contribution is -2.13. The van der Waals surface area contributed by atoms with Crippen molar-refractivity contribution in [1.82, 2.24) is 4.98 Å². The van der Waals surface area contributed by atoms with E-state index in [1.807, 2.05) is 25.1 Å². The average molecular weight is 378 g/mol. The Balaban J connectivity index is 1.69. The van der Waals surface area contributed by atoms with Gasteiger partial charge in [-0.3, -0.25) is 4.98 Å². The quantitative estimate of drug-likeness (QED) is 0.403. The number of carbonyl (C=O) groups excluding carboxylic acids is 1. The Morgan fingerprint density at radius 1 is 1.00 bits per heavy atom. The number of methoxy groups -OCH3 is 1. The largest absolute Gasteiger partial charge is 0.493 e. The van der Waals surface area contributed by atoms with Crippen LogP contribution in [0.4, 0.5) is 5.69 Å². The van der Waals surface area contributed by atoms with Gasteiger partial charge < -0.3 is 14.8 Å². The molecule has 0 saturated carbocycles. The van der Waals surface area contributed by atoms with E-state index in [1.54, 1.807) is 48.7 Å². The lowest BCUT2D eigenvalue weighted by molar-refractivity contribution is 0.0730. The number of ether oxygens (including phenoxy) is 2. The highest BCUT2D eigenvalue weighted by Gasteiger charge is 2.12. The Morgan fingerprint density at radius 3 is 2.37 bits per heavy atom. The number of rotatable bonds is 5. The van der Waals surface area contributed by atoms with Gasteiger partial charge in [-0.05, 0) is 55.5 Å². The molecule has 5 nitrogen and oxygen atoms in total. The van der Waals surface area contributed by atoms with E-state index in [1.165, 1.54) is 7.11 Å². The van der Waals surface area contributed by atoms with E-state index in [-0.39, 0.29) is 0 Å². The molecule has 0 fully saturated rings. The number of benzene rings is 2. The van der Waals surface area contributed by atoms with Crippen molar-refractivity contribution in [1.29, 1.82) is 0 Å². The van der Waals surface area contributed by atoms with Crippen molar-refractivity contribution < 1.29 is 14.3 Å². The third-order valence-electron chi connectivity index (χ3n) is 3.90. The van der Waals surface area contributed by atoms with Gasteiger partial charge in [0, 0.05) is 23.1 Å².